The second-order valence-electron chi connectivity index (χ2n) is 8.50. The van der Waals surface area contributed by atoms with E-state index < -0.39 is 0 Å². The quantitative estimate of drug-likeness (QED) is 0.225. The zero-order valence-corrected chi connectivity index (χ0v) is 29.0. The Balaban J connectivity index is 0. The third-order valence-electron chi connectivity index (χ3n) is 4.98. The van der Waals surface area contributed by atoms with E-state index in [1.54, 1.807) is 81.2 Å². The van der Waals surface area contributed by atoms with Crippen molar-refractivity contribution < 1.29 is 43.4 Å². The van der Waals surface area contributed by atoms with E-state index in [1.807, 2.05) is 60.7 Å². The van der Waals surface area contributed by atoms with E-state index in [9.17, 15) is 0 Å². The van der Waals surface area contributed by atoms with Crippen LogP contribution in [0.3, 0.4) is 0 Å². The van der Waals surface area contributed by atoms with Crippen LogP contribution in [-0.2, 0) is 43.4 Å². The van der Waals surface area contributed by atoms with Crippen molar-refractivity contribution >= 4 is 0 Å². The summed E-state index contributed by atoms with van der Waals surface area (Å²) in [6.45, 7) is 0. The molecule has 1 aliphatic heterocycles. The molecule has 12 heteroatoms. The predicted molar refractivity (Wildman–Crippen MR) is 167 cm³/mol. The van der Waals surface area contributed by atoms with Crippen molar-refractivity contribution in [2.24, 2.45) is 0 Å². The SMILES string of the molecule is C[N-]C.C[N-]C.C[N-]C.C[N-]C.[Ti+4].[Ti+4].c1ccc(C2[N-]C(c3ccc[n-]3)C(c3ccccn3)[N-]C2c2ccc[n-]2)nc1. The van der Waals surface area contributed by atoms with Crippen molar-refractivity contribution in [3.8, 4) is 0 Å². The Hall–Kier alpha value is -1.95. The van der Waals surface area contributed by atoms with Crippen LogP contribution in [-0.4, -0.2) is 66.3 Å². The molecule has 42 heavy (non-hydrogen) atoms. The summed E-state index contributed by atoms with van der Waals surface area (Å²) in [6, 6.07) is 18.7. The normalized spacial score (nSPS) is 18.3. The molecule has 5 heterocycles. The molecule has 4 unspecified atom stereocenters. The van der Waals surface area contributed by atoms with E-state index in [0.29, 0.717) is 0 Å². The van der Waals surface area contributed by atoms with Gasteiger partial charge in [-0.05, 0) is 24.3 Å². The Labute approximate surface area is 282 Å². The van der Waals surface area contributed by atoms with Gasteiger partial charge in [0.25, 0.3) is 0 Å². The van der Waals surface area contributed by atoms with Gasteiger partial charge in [-0.3, -0.25) is 9.97 Å². The summed E-state index contributed by atoms with van der Waals surface area (Å²) in [7, 11) is 14.0. The number of pyridine rings is 2. The summed E-state index contributed by atoms with van der Waals surface area (Å²) in [5.74, 6) is 0. The minimum atomic E-state index is -0.224. The number of hydrogen-bond donors (Lipinski definition) is 0. The first-order valence-electron chi connectivity index (χ1n) is 12.8. The number of aromatic nitrogens is 4. The monoisotopic (exact) mass is 638 g/mol. The van der Waals surface area contributed by atoms with Crippen LogP contribution in [0.25, 0.3) is 31.9 Å². The smallest absolute Gasteiger partial charge is 0.669 e. The molecule has 0 aliphatic carbocycles. The van der Waals surface area contributed by atoms with Gasteiger partial charge < -0.3 is 41.9 Å². The van der Waals surface area contributed by atoms with Crippen LogP contribution >= 0.6 is 0 Å². The summed E-state index contributed by atoms with van der Waals surface area (Å²) >= 11 is 0. The Kier molecular flexibility index (Phi) is 26.8. The van der Waals surface area contributed by atoms with Crippen molar-refractivity contribution in [1.82, 2.24) is 19.9 Å². The molecule has 1 aliphatic rings. The van der Waals surface area contributed by atoms with Gasteiger partial charge in [0.15, 0.2) is 0 Å². The number of hydrogen-bond acceptors (Lipinski definition) is 2. The van der Waals surface area contributed by atoms with Crippen molar-refractivity contribution in [3.63, 3.8) is 0 Å². The Morgan fingerprint density at radius 1 is 0.476 bits per heavy atom. The first-order valence-corrected chi connectivity index (χ1v) is 12.8. The predicted octanol–water partition coefficient (Wildman–Crippen LogP) is 6.89. The molecule has 0 aromatic carbocycles. The van der Waals surface area contributed by atoms with E-state index in [-0.39, 0.29) is 67.6 Å². The van der Waals surface area contributed by atoms with Gasteiger partial charge in [-0.1, -0.05) is 36.4 Å². The number of nitrogens with zero attached hydrogens (tertiary/aromatic N) is 10. The number of rotatable bonds is 4. The molecule has 0 amide bonds. The summed E-state index contributed by atoms with van der Waals surface area (Å²) in [5.41, 5.74) is 3.56. The fourth-order valence-corrected chi connectivity index (χ4v) is 3.70. The summed E-state index contributed by atoms with van der Waals surface area (Å²) in [5, 5.41) is 24.4. The standard InChI is InChI=1S/C22H18N6.4C2H6N.2Ti/c1-3-11-23-15(7-1)19-21(17-9-5-13-25-17)28-20(16-8-2-4-12-24-16)22(27-19)18-10-6-14-26-18;4*1-3-2;;/h1-14,19-22H;4*1-2H3;;/q-4;4*-1;2*+4. The second kappa shape index (κ2) is 26.7. The topological polar surface area (TPSA) is 139 Å². The van der Waals surface area contributed by atoms with Gasteiger partial charge in [-0.2, -0.15) is 80.2 Å². The molecule has 1 fully saturated rings. The first-order chi connectivity index (χ1) is 19.6. The van der Waals surface area contributed by atoms with Gasteiger partial charge >= 0.3 is 43.4 Å². The van der Waals surface area contributed by atoms with Gasteiger partial charge in [-0.25, -0.2) is 0 Å². The molecule has 0 spiro atoms. The first kappa shape index (κ1) is 42.2. The third-order valence-corrected chi connectivity index (χ3v) is 4.98. The minimum absolute atomic E-state index is 0. The van der Waals surface area contributed by atoms with E-state index in [2.05, 4.69) is 41.2 Å². The molecule has 1 saturated heterocycles. The molecule has 4 aromatic heterocycles. The zero-order valence-electron chi connectivity index (χ0n) is 25.9. The third kappa shape index (κ3) is 14.5. The molecule has 0 saturated carbocycles. The van der Waals surface area contributed by atoms with E-state index in [4.69, 9.17) is 10.6 Å². The Morgan fingerprint density at radius 3 is 1.05 bits per heavy atom. The number of piperazine rings is 1. The molecule has 0 N–H and O–H groups in total. The van der Waals surface area contributed by atoms with E-state index in [0.717, 1.165) is 22.8 Å². The van der Waals surface area contributed by atoms with Crippen LogP contribution in [0.5, 0.6) is 0 Å². The maximum Gasteiger partial charge on any atom is 4.00 e. The summed E-state index contributed by atoms with van der Waals surface area (Å²) in [6.07, 6.45) is 7.17. The average molecular weight is 638 g/mol. The molecule has 0 bridgehead atoms. The second-order valence-corrected chi connectivity index (χ2v) is 8.50. The van der Waals surface area contributed by atoms with Gasteiger partial charge in [-0.15, -0.1) is 24.2 Å². The van der Waals surface area contributed by atoms with Gasteiger partial charge in [0.2, 0.25) is 0 Å². The molecule has 4 aromatic rings. The van der Waals surface area contributed by atoms with Crippen LogP contribution in [0.2, 0.25) is 0 Å². The van der Waals surface area contributed by atoms with Crippen molar-refractivity contribution in [2.45, 2.75) is 24.2 Å². The molecule has 4 atom stereocenters. The fraction of sp³-hybridized carbons (Fsp3) is 0.400. The minimum Gasteiger partial charge on any atom is -0.669 e. The summed E-state index contributed by atoms with van der Waals surface area (Å²) in [4.78, 5) is 18.1. The van der Waals surface area contributed by atoms with Crippen molar-refractivity contribution in [1.29, 1.82) is 0 Å². The molecule has 220 valence electrons. The van der Waals surface area contributed by atoms with Crippen molar-refractivity contribution in [3.05, 3.63) is 140 Å². The van der Waals surface area contributed by atoms with Gasteiger partial charge in [0.05, 0.1) is 0 Å². The van der Waals surface area contributed by atoms with Gasteiger partial charge in [0.1, 0.15) is 0 Å². The molecule has 10 nitrogen and oxygen atoms in total. The molecular weight excluding hydrogens is 596 g/mol. The maximum absolute atomic E-state index is 5.19. The van der Waals surface area contributed by atoms with E-state index >= 15 is 0 Å². The zero-order chi connectivity index (χ0) is 29.6. The molecule has 0 radical (unpaired) electrons. The summed E-state index contributed by atoms with van der Waals surface area (Å²) < 4.78 is 0. The van der Waals surface area contributed by atoms with Crippen LogP contribution < -0.4 is 9.97 Å². The average Bonchev–Trinajstić information content (AvgIpc) is 3.71. The van der Waals surface area contributed by atoms with Crippen LogP contribution in [0.4, 0.5) is 0 Å². The largest absolute Gasteiger partial charge is 4.00 e. The fourth-order valence-electron chi connectivity index (χ4n) is 3.70. The van der Waals surface area contributed by atoms with Crippen LogP contribution in [0.1, 0.15) is 46.9 Å². The van der Waals surface area contributed by atoms with Crippen LogP contribution in [0.15, 0.2) is 85.5 Å². The molecule has 5 rings (SSSR count). The molecular formula is C30H42N10Ti2. The maximum atomic E-state index is 5.19. The Bertz CT molecular complexity index is 976. The van der Waals surface area contributed by atoms with Crippen LogP contribution in [0, 0.1) is 0 Å². The Morgan fingerprint density at radius 2 is 0.810 bits per heavy atom. The van der Waals surface area contributed by atoms with Gasteiger partial charge in [0, 0.05) is 23.8 Å². The van der Waals surface area contributed by atoms with E-state index in [1.165, 1.54) is 0 Å². The van der Waals surface area contributed by atoms with Crippen molar-refractivity contribution in [2.75, 3.05) is 56.4 Å².